The number of aryl methyl sites for hydroxylation is 2. The number of anilines is 1. The molecule has 2 N–H and O–H groups in total. The Hall–Kier alpha value is -2.14. The number of carbonyl (C=O) groups excluding carboxylic acids is 2. The van der Waals surface area contributed by atoms with Gasteiger partial charge in [-0.3, -0.25) is 9.59 Å². The molecule has 116 valence electrons. The summed E-state index contributed by atoms with van der Waals surface area (Å²) in [6.07, 6.45) is 0.947. The van der Waals surface area contributed by atoms with Crippen molar-refractivity contribution in [2.24, 2.45) is 0 Å². The normalized spacial score (nSPS) is 10.3. The van der Waals surface area contributed by atoms with Crippen LogP contribution in [0, 0.1) is 6.92 Å². The van der Waals surface area contributed by atoms with Crippen molar-refractivity contribution in [3.8, 4) is 0 Å². The van der Waals surface area contributed by atoms with Crippen molar-refractivity contribution >= 4 is 28.8 Å². The summed E-state index contributed by atoms with van der Waals surface area (Å²) in [4.78, 5) is 25.2. The van der Waals surface area contributed by atoms with Gasteiger partial charge in [0.25, 0.3) is 5.91 Å². The molecule has 0 aliphatic rings. The van der Waals surface area contributed by atoms with Crippen LogP contribution in [0.3, 0.4) is 0 Å². The predicted octanol–water partition coefficient (Wildman–Crippen LogP) is 3.51. The highest BCUT2D eigenvalue weighted by Crippen LogP contribution is 2.22. The molecule has 1 aromatic heterocycles. The third kappa shape index (κ3) is 4.18. The number of hydrogen-bond acceptors (Lipinski definition) is 3. The predicted molar refractivity (Wildman–Crippen MR) is 90.3 cm³/mol. The van der Waals surface area contributed by atoms with Gasteiger partial charge in [-0.05, 0) is 42.7 Å². The molecule has 0 saturated heterocycles. The van der Waals surface area contributed by atoms with E-state index in [1.54, 1.807) is 11.3 Å². The fourth-order valence-electron chi connectivity index (χ4n) is 2.21. The summed E-state index contributed by atoms with van der Waals surface area (Å²) in [5.74, 6) is -0.167. The lowest BCUT2D eigenvalue weighted by molar-refractivity contribution is -0.114. The first-order chi connectivity index (χ1) is 10.5. The van der Waals surface area contributed by atoms with Gasteiger partial charge in [0.2, 0.25) is 5.91 Å². The van der Waals surface area contributed by atoms with Gasteiger partial charge in [0.1, 0.15) is 0 Å². The molecule has 0 fully saturated rings. The molecule has 22 heavy (non-hydrogen) atoms. The third-order valence-corrected chi connectivity index (χ3v) is 4.65. The van der Waals surface area contributed by atoms with Crippen LogP contribution in [-0.2, 0) is 17.8 Å². The van der Waals surface area contributed by atoms with E-state index in [1.807, 2.05) is 37.3 Å². The summed E-state index contributed by atoms with van der Waals surface area (Å²) in [7, 11) is 0. The zero-order chi connectivity index (χ0) is 16.1. The minimum atomic E-state index is -0.109. The van der Waals surface area contributed by atoms with Crippen molar-refractivity contribution in [1.29, 1.82) is 0 Å². The molecule has 0 radical (unpaired) electrons. The summed E-state index contributed by atoms with van der Waals surface area (Å²) >= 11 is 1.55. The number of benzene rings is 1. The Labute approximate surface area is 134 Å². The maximum atomic E-state index is 12.2. The Morgan fingerprint density at radius 3 is 2.64 bits per heavy atom. The van der Waals surface area contributed by atoms with Crippen molar-refractivity contribution in [3.05, 3.63) is 51.2 Å². The fourth-order valence-corrected chi connectivity index (χ4v) is 3.24. The van der Waals surface area contributed by atoms with Gasteiger partial charge < -0.3 is 10.6 Å². The van der Waals surface area contributed by atoms with E-state index >= 15 is 0 Å². The molecule has 2 amide bonds. The van der Waals surface area contributed by atoms with E-state index < -0.39 is 0 Å². The monoisotopic (exact) mass is 316 g/mol. The molecule has 0 saturated carbocycles. The van der Waals surface area contributed by atoms with E-state index in [9.17, 15) is 9.59 Å². The Bertz CT molecular complexity index is 692. The molecule has 0 aliphatic heterocycles. The number of hydrogen-bond donors (Lipinski definition) is 2. The molecule has 0 bridgehead atoms. The Morgan fingerprint density at radius 1 is 1.23 bits per heavy atom. The SMILES string of the molecule is CCc1sc(C(=O)NCc2cccc(NC(C)=O)c2)cc1C. The molecular formula is C17H20N2O2S. The maximum absolute atomic E-state index is 12.2. The zero-order valence-electron chi connectivity index (χ0n) is 13.0. The van der Waals surface area contributed by atoms with Crippen LogP contribution in [0.4, 0.5) is 5.69 Å². The van der Waals surface area contributed by atoms with Crippen LogP contribution in [0.2, 0.25) is 0 Å². The van der Waals surface area contributed by atoms with Crippen molar-refractivity contribution in [3.63, 3.8) is 0 Å². The molecule has 2 rings (SSSR count). The third-order valence-electron chi connectivity index (χ3n) is 3.27. The van der Waals surface area contributed by atoms with Crippen LogP contribution < -0.4 is 10.6 Å². The van der Waals surface area contributed by atoms with E-state index in [2.05, 4.69) is 17.6 Å². The first-order valence-corrected chi connectivity index (χ1v) is 8.05. The number of amides is 2. The standard InChI is InChI=1S/C17H20N2O2S/c1-4-15-11(2)8-16(22-15)17(21)18-10-13-6-5-7-14(9-13)19-12(3)20/h5-9H,4,10H2,1-3H3,(H,18,21)(H,19,20). The highest BCUT2D eigenvalue weighted by molar-refractivity contribution is 7.14. The Kier molecular flexibility index (Phi) is 5.33. The average Bonchev–Trinajstić information content (AvgIpc) is 2.85. The summed E-state index contributed by atoms with van der Waals surface area (Å²) in [5, 5.41) is 5.65. The minimum absolute atomic E-state index is 0.0577. The molecule has 5 heteroatoms. The first-order valence-electron chi connectivity index (χ1n) is 7.23. The number of thiophene rings is 1. The first kappa shape index (κ1) is 16.2. The number of rotatable bonds is 5. The van der Waals surface area contributed by atoms with Crippen LogP contribution in [0.5, 0.6) is 0 Å². The highest BCUT2D eigenvalue weighted by Gasteiger charge is 2.11. The van der Waals surface area contributed by atoms with E-state index in [0.29, 0.717) is 6.54 Å². The van der Waals surface area contributed by atoms with Gasteiger partial charge in [0, 0.05) is 24.0 Å². The van der Waals surface area contributed by atoms with Crippen LogP contribution in [0.15, 0.2) is 30.3 Å². The molecule has 0 atom stereocenters. The minimum Gasteiger partial charge on any atom is -0.347 e. The van der Waals surface area contributed by atoms with Crippen LogP contribution in [0.25, 0.3) is 0 Å². The summed E-state index contributed by atoms with van der Waals surface area (Å²) in [5.41, 5.74) is 2.85. The molecule has 0 aliphatic carbocycles. The van der Waals surface area contributed by atoms with Gasteiger partial charge in [0.15, 0.2) is 0 Å². The second-order valence-corrected chi connectivity index (χ2v) is 6.27. The molecule has 0 unspecified atom stereocenters. The molecular weight excluding hydrogens is 296 g/mol. The van der Waals surface area contributed by atoms with Gasteiger partial charge in [-0.1, -0.05) is 19.1 Å². The molecule has 1 heterocycles. The quantitative estimate of drug-likeness (QED) is 0.887. The Balaban J connectivity index is 2.00. The molecule has 1 aromatic carbocycles. The van der Waals surface area contributed by atoms with E-state index in [4.69, 9.17) is 0 Å². The number of carbonyl (C=O) groups is 2. The molecule has 0 spiro atoms. The second-order valence-electron chi connectivity index (χ2n) is 5.13. The van der Waals surface area contributed by atoms with Crippen LogP contribution in [-0.4, -0.2) is 11.8 Å². The topological polar surface area (TPSA) is 58.2 Å². The fraction of sp³-hybridized carbons (Fsp3) is 0.294. The van der Waals surface area contributed by atoms with Gasteiger partial charge in [-0.25, -0.2) is 0 Å². The lowest BCUT2D eigenvalue weighted by Gasteiger charge is -2.07. The maximum Gasteiger partial charge on any atom is 0.261 e. The largest absolute Gasteiger partial charge is 0.347 e. The van der Waals surface area contributed by atoms with Crippen molar-refractivity contribution < 1.29 is 9.59 Å². The lowest BCUT2D eigenvalue weighted by atomic mass is 10.2. The van der Waals surface area contributed by atoms with Gasteiger partial charge in [-0.2, -0.15) is 0 Å². The smallest absolute Gasteiger partial charge is 0.261 e. The molecule has 2 aromatic rings. The van der Waals surface area contributed by atoms with Crippen LogP contribution >= 0.6 is 11.3 Å². The Morgan fingerprint density at radius 2 is 2.00 bits per heavy atom. The summed E-state index contributed by atoms with van der Waals surface area (Å²) < 4.78 is 0. The summed E-state index contributed by atoms with van der Waals surface area (Å²) in [6.45, 7) is 6.03. The zero-order valence-corrected chi connectivity index (χ0v) is 13.8. The second kappa shape index (κ2) is 7.22. The summed E-state index contributed by atoms with van der Waals surface area (Å²) in [6, 6.07) is 9.40. The van der Waals surface area contributed by atoms with Gasteiger partial charge >= 0.3 is 0 Å². The van der Waals surface area contributed by atoms with E-state index in [1.165, 1.54) is 17.4 Å². The van der Waals surface area contributed by atoms with Crippen molar-refractivity contribution in [2.75, 3.05) is 5.32 Å². The van der Waals surface area contributed by atoms with E-state index in [0.717, 1.165) is 22.5 Å². The van der Waals surface area contributed by atoms with Crippen molar-refractivity contribution in [2.45, 2.75) is 33.7 Å². The van der Waals surface area contributed by atoms with Gasteiger partial charge in [0.05, 0.1) is 4.88 Å². The average molecular weight is 316 g/mol. The molecule has 4 nitrogen and oxygen atoms in total. The van der Waals surface area contributed by atoms with E-state index in [-0.39, 0.29) is 11.8 Å². The lowest BCUT2D eigenvalue weighted by Crippen LogP contribution is -2.21. The van der Waals surface area contributed by atoms with Crippen LogP contribution in [0.1, 0.15) is 39.5 Å². The highest BCUT2D eigenvalue weighted by atomic mass is 32.1. The van der Waals surface area contributed by atoms with Crippen molar-refractivity contribution in [1.82, 2.24) is 5.32 Å². The van der Waals surface area contributed by atoms with Gasteiger partial charge in [-0.15, -0.1) is 11.3 Å². The number of nitrogens with one attached hydrogen (secondary N) is 2.